The number of nitrogens with one attached hydrogen (secondary N) is 1. The minimum Gasteiger partial charge on any atom is -0.378 e. The average Bonchev–Trinajstić information content (AvgIpc) is 2.25. The molecular formula is C13H28N2O. The van der Waals surface area contributed by atoms with Crippen LogP contribution in [0.3, 0.4) is 0 Å². The molecule has 1 saturated heterocycles. The normalized spacial score (nSPS) is 18.6. The van der Waals surface area contributed by atoms with Crippen LogP contribution >= 0.6 is 0 Å². The molecule has 0 saturated carbocycles. The average molecular weight is 228 g/mol. The van der Waals surface area contributed by atoms with Crippen LogP contribution in [0.2, 0.25) is 0 Å². The van der Waals surface area contributed by atoms with Crippen molar-refractivity contribution in [2.24, 2.45) is 5.92 Å². The summed E-state index contributed by atoms with van der Waals surface area (Å²) >= 11 is 0. The molecule has 0 aromatic heterocycles. The molecule has 0 atom stereocenters. The Morgan fingerprint density at radius 1 is 1.31 bits per heavy atom. The predicted molar refractivity (Wildman–Crippen MR) is 68.8 cm³/mol. The summed E-state index contributed by atoms with van der Waals surface area (Å²) in [5.74, 6) is 0.760. The van der Waals surface area contributed by atoms with Gasteiger partial charge in [-0.3, -0.25) is 0 Å². The molecule has 0 amide bonds. The largest absolute Gasteiger partial charge is 0.378 e. The Kier molecular flexibility index (Phi) is 7.01. The first kappa shape index (κ1) is 13.9. The highest BCUT2D eigenvalue weighted by atomic mass is 16.5. The van der Waals surface area contributed by atoms with Gasteiger partial charge in [0.1, 0.15) is 0 Å². The van der Waals surface area contributed by atoms with Gasteiger partial charge >= 0.3 is 0 Å². The van der Waals surface area contributed by atoms with Gasteiger partial charge in [0.2, 0.25) is 0 Å². The van der Waals surface area contributed by atoms with E-state index < -0.39 is 0 Å². The number of hydrogen-bond acceptors (Lipinski definition) is 3. The van der Waals surface area contributed by atoms with Gasteiger partial charge < -0.3 is 15.0 Å². The van der Waals surface area contributed by atoms with Crippen LogP contribution in [0.15, 0.2) is 0 Å². The van der Waals surface area contributed by atoms with E-state index in [1.54, 1.807) is 0 Å². The van der Waals surface area contributed by atoms with Gasteiger partial charge in [0.05, 0.1) is 6.10 Å². The summed E-state index contributed by atoms with van der Waals surface area (Å²) in [4.78, 5) is 2.40. The van der Waals surface area contributed by atoms with Crippen molar-refractivity contribution in [1.29, 1.82) is 0 Å². The number of rotatable bonds is 7. The van der Waals surface area contributed by atoms with E-state index in [1.807, 2.05) is 0 Å². The highest BCUT2D eigenvalue weighted by Gasteiger charge is 2.12. The molecule has 16 heavy (non-hydrogen) atoms. The van der Waals surface area contributed by atoms with Crippen LogP contribution in [-0.4, -0.2) is 50.8 Å². The molecule has 0 bridgehead atoms. The fourth-order valence-electron chi connectivity index (χ4n) is 2.26. The van der Waals surface area contributed by atoms with E-state index in [0.717, 1.165) is 38.6 Å². The topological polar surface area (TPSA) is 24.5 Å². The van der Waals surface area contributed by atoms with Crippen LogP contribution in [-0.2, 0) is 4.74 Å². The zero-order chi connectivity index (χ0) is 11.8. The van der Waals surface area contributed by atoms with Crippen LogP contribution in [0.4, 0.5) is 0 Å². The zero-order valence-corrected chi connectivity index (χ0v) is 11.2. The Balaban J connectivity index is 1.94. The fourth-order valence-corrected chi connectivity index (χ4v) is 2.26. The summed E-state index contributed by atoms with van der Waals surface area (Å²) in [5, 5.41) is 3.36. The van der Waals surface area contributed by atoms with Gasteiger partial charge in [-0.05, 0) is 45.3 Å². The van der Waals surface area contributed by atoms with E-state index in [4.69, 9.17) is 4.74 Å². The monoisotopic (exact) mass is 228 g/mol. The van der Waals surface area contributed by atoms with Crippen molar-refractivity contribution < 1.29 is 4.74 Å². The van der Waals surface area contributed by atoms with Crippen LogP contribution in [0, 0.1) is 5.92 Å². The molecule has 1 aliphatic heterocycles. The summed E-state index contributed by atoms with van der Waals surface area (Å²) in [6.07, 6.45) is 4.04. The maximum Gasteiger partial charge on any atom is 0.0599 e. The molecular weight excluding hydrogens is 200 g/mol. The molecule has 1 N–H and O–H groups in total. The van der Waals surface area contributed by atoms with Crippen molar-refractivity contribution in [3.8, 4) is 0 Å². The SMILES string of the molecule is CC(C)CN(C)CCCOC1CCNCC1. The second-order valence-electron chi connectivity index (χ2n) is 5.33. The van der Waals surface area contributed by atoms with Crippen molar-refractivity contribution in [3.05, 3.63) is 0 Å². The van der Waals surface area contributed by atoms with Crippen LogP contribution in [0.5, 0.6) is 0 Å². The lowest BCUT2D eigenvalue weighted by Gasteiger charge is -2.24. The van der Waals surface area contributed by atoms with E-state index >= 15 is 0 Å². The lowest BCUT2D eigenvalue weighted by Crippen LogP contribution is -2.33. The number of ether oxygens (including phenoxy) is 1. The van der Waals surface area contributed by atoms with Crippen molar-refractivity contribution in [2.75, 3.05) is 39.8 Å². The lowest BCUT2D eigenvalue weighted by atomic mass is 10.1. The molecule has 0 spiro atoms. The minimum absolute atomic E-state index is 0.511. The molecule has 1 rings (SSSR count). The van der Waals surface area contributed by atoms with Gasteiger partial charge in [0.25, 0.3) is 0 Å². The maximum absolute atomic E-state index is 5.87. The minimum atomic E-state index is 0.511. The first-order chi connectivity index (χ1) is 7.68. The van der Waals surface area contributed by atoms with Gasteiger partial charge in [0, 0.05) is 19.7 Å². The molecule has 0 aromatic carbocycles. The Morgan fingerprint density at radius 2 is 2.00 bits per heavy atom. The Morgan fingerprint density at radius 3 is 2.62 bits per heavy atom. The van der Waals surface area contributed by atoms with Crippen LogP contribution in [0.1, 0.15) is 33.1 Å². The molecule has 96 valence electrons. The highest BCUT2D eigenvalue weighted by molar-refractivity contribution is 4.68. The molecule has 1 heterocycles. The third-order valence-corrected chi connectivity index (χ3v) is 3.00. The van der Waals surface area contributed by atoms with Gasteiger partial charge in [-0.15, -0.1) is 0 Å². The van der Waals surface area contributed by atoms with E-state index in [2.05, 4.69) is 31.1 Å². The van der Waals surface area contributed by atoms with Gasteiger partial charge in [-0.25, -0.2) is 0 Å². The second kappa shape index (κ2) is 8.04. The number of hydrogen-bond donors (Lipinski definition) is 1. The quantitative estimate of drug-likeness (QED) is 0.672. The highest BCUT2D eigenvalue weighted by Crippen LogP contribution is 2.07. The Bertz CT molecular complexity index is 167. The van der Waals surface area contributed by atoms with E-state index in [9.17, 15) is 0 Å². The molecule has 3 heteroatoms. The summed E-state index contributed by atoms with van der Waals surface area (Å²) in [6.45, 7) is 10.0. The third-order valence-electron chi connectivity index (χ3n) is 3.00. The molecule has 0 radical (unpaired) electrons. The first-order valence-electron chi connectivity index (χ1n) is 6.69. The molecule has 0 aromatic rings. The second-order valence-corrected chi connectivity index (χ2v) is 5.33. The Hall–Kier alpha value is -0.120. The zero-order valence-electron chi connectivity index (χ0n) is 11.2. The van der Waals surface area contributed by atoms with E-state index in [1.165, 1.54) is 19.4 Å². The van der Waals surface area contributed by atoms with Gasteiger partial charge in [0.15, 0.2) is 0 Å². The summed E-state index contributed by atoms with van der Waals surface area (Å²) in [5.41, 5.74) is 0. The maximum atomic E-state index is 5.87. The fraction of sp³-hybridized carbons (Fsp3) is 1.00. The predicted octanol–water partition coefficient (Wildman–Crippen LogP) is 1.73. The standard InChI is InChI=1S/C13H28N2O/c1-12(2)11-15(3)9-4-10-16-13-5-7-14-8-6-13/h12-14H,4-11H2,1-3H3. The molecule has 1 fully saturated rings. The van der Waals surface area contributed by atoms with E-state index in [0.29, 0.717) is 6.10 Å². The lowest BCUT2D eigenvalue weighted by molar-refractivity contribution is 0.0283. The van der Waals surface area contributed by atoms with Gasteiger partial charge in [-0.2, -0.15) is 0 Å². The molecule has 3 nitrogen and oxygen atoms in total. The van der Waals surface area contributed by atoms with Crippen LogP contribution < -0.4 is 5.32 Å². The molecule has 0 aliphatic carbocycles. The van der Waals surface area contributed by atoms with Crippen molar-refractivity contribution in [1.82, 2.24) is 10.2 Å². The van der Waals surface area contributed by atoms with Gasteiger partial charge in [-0.1, -0.05) is 13.8 Å². The summed E-state index contributed by atoms with van der Waals surface area (Å²) < 4.78 is 5.87. The molecule has 0 unspecified atom stereocenters. The Labute approximate surface area is 101 Å². The van der Waals surface area contributed by atoms with Crippen LogP contribution in [0.25, 0.3) is 0 Å². The van der Waals surface area contributed by atoms with Crippen molar-refractivity contribution in [3.63, 3.8) is 0 Å². The number of nitrogens with zero attached hydrogens (tertiary/aromatic N) is 1. The third kappa shape index (κ3) is 6.46. The summed E-state index contributed by atoms with van der Waals surface area (Å²) in [6, 6.07) is 0. The summed E-state index contributed by atoms with van der Waals surface area (Å²) in [7, 11) is 2.20. The smallest absolute Gasteiger partial charge is 0.0599 e. The number of piperidine rings is 1. The molecule has 1 aliphatic rings. The first-order valence-corrected chi connectivity index (χ1v) is 6.69. The van der Waals surface area contributed by atoms with E-state index in [-0.39, 0.29) is 0 Å². The van der Waals surface area contributed by atoms with Crippen molar-refractivity contribution in [2.45, 2.75) is 39.2 Å². The van der Waals surface area contributed by atoms with Crippen molar-refractivity contribution >= 4 is 0 Å².